The molecular weight excluding hydrogens is 338 g/mol. The highest BCUT2D eigenvalue weighted by Crippen LogP contribution is 2.21. The van der Waals surface area contributed by atoms with Crippen molar-refractivity contribution in [2.24, 2.45) is 0 Å². The number of anilines is 1. The smallest absolute Gasteiger partial charge is 0.225 e. The van der Waals surface area contributed by atoms with Crippen molar-refractivity contribution in [1.29, 1.82) is 0 Å². The lowest BCUT2D eigenvalue weighted by Gasteiger charge is -2.19. The van der Waals surface area contributed by atoms with Gasteiger partial charge in [0, 0.05) is 42.7 Å². The summed E-state index contributed by atoms with van der Waals surface area (Å²) in [6, 6.07) is 9.47. The van der Waals surface area contributed by atoms with Crippen LogP contribution in [0.15, 0.2) is 48.9 Å². The van der Waals surface area contributed by atoms with E-state index < -0.39 is 0 Å². The molecule has 0 saturated carbocycles. The number of rotatable bonds is 3. The Morgan fingerprint density at radius 2 is 1.92 bits per heavy atom. The fourth-order valence-electron chi connectivity index (χ4n) is 2.80. The normalized spacial score (nSPS) is 15.2. The fraction of sp³-hybridized carbons (Fsp3) is 0.278. The van der Waals surface area contributed by atoms with E-state index in [1.807, 2.05) is 47.4 Å². The van der Waals surface area contributed by atoms with Crippen LogP contribution >= 0.6 is 11.6 Å². The summed E-state index contributed by atoms with van der Waals surface area (Å²) in [6.45, 7) is 3.23. The van der Waals surface area contributed by atoms with Gasteiger partial charge in [0.25, 0.3) is 0 Å². The molecule has 3 heterocycles. The Hall–Kier alpha value is -2.44. The molecule has 7 heteroatoms. The standard InChI is InChI=1S/C18H18ClN5O/c19-15-2-4-16(5-3-15)24-13-14(12-21-24)17-6-7-20-18(22-17)23-8-1-10-25-11-9-23/h2-7,12-13H,1,8-11H2. The van der Waals surface area contributed by atoms with E-state index in [9.17, 15) is 0 Å². The number of aromatic nitrogens is 4. The van der Waals surface area contributed by atoms with Crippen LogP contribution < -0.4 is 4.90 Å². The first kappa shape index (κ1) is 16.1. The zero-order valence-corrected chi connectivity index (χ0v) is 14.4. The van der Waals surface area contributed by atoms with Gasteiger partial charge in [0.1, 0.15) is 0 Å². The second-order valence-corrected chi connectivity index (χ2v) is 6.28. The first-order valence-electron chi connectivity index (χ1n) is 8.26. The van der Waals surface area contributed by atoms with Crippen LogP contribution in [-0.2, 0) is 4.74 Å². The highest BCUT2D eigenvalue weighted by atomic mass is 35.5. The van der Waals surface area contributed by atoms with E-state index >= 15 is 0 Å². The summed E-state index contributed by atoms with van der Waals surface area (Å²) >= 11 is 5.94. The number of benzene rings is 1. The van der Waals surface area contributed by atoms with E-state index in [1.54, 1.807) is 6.20 Å². The molecule has 1 fully saturated rings. The summed E-state index contributed by atoms with van der Waals surface area (Å²) in [4.78, 5) is 11.3. The quantitative estimate of drug-likeness (QED) is 0.722. The number of hydrogen-bond acceptors (Lipinski definition) is 5. The topological polar surface area (TPSA) is 56.1 Å². The van der Waals surface area contributed by atoms with Gasteiger partial charge in [-0.25, -0.2) is 14.6 Å². The summed E-state index contributed by atoms with van der Waals surface area (Å²) in [5.74, 6) is 0.738. The number of halogens is 1. The molecule has 1 saturated heterocycles. The van der Waals surface area contributed by atoms with Crippen molar-refractivity contribution in [3.63, 3.8) is 0 Å². The Morgan fingerprint density at radius 1 is 1.04 bits per heavy atom. The highest BCUT2D eigenvalue weighted by molar-refractivity contribution is 6.30. The van der Waals surface area contributed by atoms with E-state index in [0.717, 1.165) is 49.0 Å². The van der Waals surface area contributed by atoms with Gasteiger partial charge < -0.3 is 9.64 Å². The molecule has 4 rings (SSSR count). The summed E-state index contributed by atoms with van der Waals surface area (Å²) in [6.07, 6.45) is 6.55. The van der Waals surface area contributed by atoms with Crippen LogP contribution in [-0.4, -0.2) is 46.1 Å². The molecule has 0 radical (unpaired) electrons. The van der Waals surface area contributed by atoms with Gasteiger partial charge in [-0.3, -0.25) is 0 Å². The minimum absolute atomic E-state index is 0.706. The minimum atomic E-state index is 0.706. The van der Waals surface area contributed by atoms with E-state index in [1.165, 1.54) is 0 Å². The van der Waals surface area contributed by atoms with Crippen molar-refractivity contribution in [3.8, 4) is 16.9 Å². The molecule has 0 atom stereocenters. The van der Waals surface area contributed by atoms with E-state index in [0.29, 0.717) is 11.6 Å². The third-order valence-corrected chi connectivity index (χ3v) is 4.37. The molecule has 0 aliphatic carbocycles. The summed E-state index contributed by atoms with van der Waals surface area (Å²) in [5, 5.41) is 5.14. The zero-order chi connectivity index (χ0) is 17.1. The van der Waals surface area contributed by atoms with Crippen LogP contribution in [0.2, 0.25) is 5.02 Å². The Morgan fingerprint density at radius 3 is 2.80 bits per heavy atom. The predicted molar refractivity (Wildman–Crippen MR) is 97.2 cm³/mol. The summed E-state index contributed by atoms with van der Waals surface area (Å²) in [7, 11) is 0. The van der Waals surface area contributed by atoms with Crippen molar-refractivity contribution in [3.05, 3.63) is 53.9 Å². The van der Waals surface area contributed by atoms with Crippen molar-refractivity contribution in [2.75, 3.05) is 31.2 Å². The second-order valence-electron chi connectivity index (χ2n) is 5.84. The van der Waals surface area contributed by atoms with Gasteiger partial charge in [0.15, 0.2) is 0 Å². The number of nitrogens with zero attached hydrogens (tertiary/aromatic N) is 5. The van der Waals surface area contributed by atoms with Gasteiger partial charge in [0.05, 0.1) is 24.2 Å². The van der Waals surface area contributed by atoms with Crippen LogP contribution in [0.25, 0.3) is 16.9 Å². The zero-order valence-electron chi connectivity index (χ0n) is 13.7. The first-order chi connectivity index (χ1) is 12.3. The highest BCUT2D eigenvalue weighted by Gasteiger charge is 2.14. The van der Waals surface area contributed by atoms with Gasteiger partial charge in [-0.15, -0.1) is 0 Å². The molecule has 0 spiro atoms. The van der Waals surface area contributed by atoms with Gasteiger partial charge >= 0.3 is 0 Å². The average Bonchev–Trinajstić information content (AvgIpc) is 2.98. The molecule has 1 aliphatic rings. The first-order valence-corrected chi connectivity index (χ1v) is 8.64. The van der Waals surface area contributed by atoms with E-state index in [2.05, 4.69) is 15.0 Å². The molecule has 1 aromatic carbocycles. The Labute approximate surface area is 151 Å². The molecule has 0 N–H and O–H groups in total. The van der Waals surface area contributed by atoms with Crippen molar-refractivity contribution >= 4 is 17.5 Å². The Kier molecular flexibility index (Phi) is 4.63. The average molecular weight is 356 g/mol. The van der Waals surface area contributed by atoms with Gasteiger partial charge in [0.2, 0.25) is 5.95 Å². The van der Waals surface area contributed by atoms with Crippen LogP contribution in [0.3, 0.4) is 0 Å². The molecule has 0 bridgehead atoms. The minimum Gasteiger partial charge on any atom is -0.380 e. The van der Waals surface area contributed by atoms with Gasteiger partial charge in [-0.05, 0) is 36.8 Å². The molecular formula is C18H18ClN5O. The van der Waals surface area contributed by atoms with E-state index in [4.69, 9.17) is 21.3 Å². The third kappa shape index (κ3) is 3.65. The summed E-state index contributed by atoms with van der Waals surface area (Å²) in [5.41, 5.74) is 2.76. The number of hydrogen-bond donors (Lipinski definition) is 0. The number of ether oxygens (including phenoxy) is 1. The van der Waals surface area contributed by atoms with Crippen LogP contribution in [0, 0.1) is 0 Å². The molecule has 6 nitrogen and oxygen atoms in total. The lowest BCUT2D eigenvalue weighted by Crippen LogP contribution is -2.27. The fourth-order valence-corrected chi connectivity index (χ4v) is 2.92. The molecule has 128 valence electrons. The van der Waals surface area contributed by atoms with Gasteiger partial charge in [-0.2, -0.15) is 5.10 Å². The molecule has 2 aromatic heterocycles. The molecule has 0 amide bonds. The monoisotopic (exact) mass is 355 g/mol. The molecule has 25 heavy (non-hydrogen) atoms. The Balaban J connectivity index is 1.60. The lowest BCUT2D eigenvalue weighted by molar-refractivity contribution is 0.152. The van der Waals surface area contributed by atoms with Crippen molar-refractivity contribution in [2.45, 2.75) is 6.42 Å². The maximum Gasteiger partial charge on any atom is 0.225 e. The van der Waals surface area contributed by atoms with Crippen molar-refractivity contribution < 1.29 is 4.74 Å². The molecule has 3 aromatic rings. The maximum absolute atomic E-state index is 5.94. The van der Waals surface area contributed by atoms with Crippen LogP contribution in [0.4, 0.5) is 5.95 Å². The maximum atomic E-state index is 5.94. The largest absolute Gasteiger partial charge is 0.380 e. The van der Waals surface area contributed by atoms with Crippen LogP contribution in [0.5, 0.6) is 0 Å². The Bertz CT molecular complexity index is 841. The molecule has 1 aliphatic heterocycles. The third-order valence-electron chi connectivity index (χ3n) is 4.12. The summed E-state index contributed by atoms with van der Waals surface area (Å²) < 4.78 is 7.31. The predicted octanol–water partition coefficient (Wildman–Crippen LogP) is 3.21. The lowest BCUT2D eigenvalue weighted by atomic mass is 10.2. The SMILES string of the molecule is Clc1ccc(-n2cc(-c3ccnc(N4CCCOCC4)n3)cn2)cc1. The molecule has 0 unspecified atom stereocenters. The van der Waals surface area contributed by atoms with Crippen LogP contribution in [0.1, 0.15) is 6.42 Å². The van der Waals surface area contributed by atoms with Gasteiger partial charge in [-0.1, -0.05) is 11.6 Å². The van der Waals surface area contributed by atoms with Crippen molar-refractivity contribution in [1.82, 2.24) is 19.7 Å². The van der Waals surface area contributed by atoms with E-state index in [-0.39, 0.29) is 0 Å². The second kappa shape index (κ2) is 7.21.